The van der Waals surface area contributed by atoms with E-state index in [9.17, 15) is 13.2 Å². The van der Waals surface area contributed by atoms with E-state index in [-0.39, 0.29) is 34.6 Å². The Balaban J connectivity index is 1.19. The Morgan fingerprint density at radius 2 is 1.95 bits per heavy atom. The fourth-order valence-electron chi connectivity index (χ4n) is 5.04. The number of amides is 1. The molecule has 1 amide bonds. The number of amidine groups is 1. The molecular formula is C25H36N8O3S. The van der Waals surface area contributed by atoms with Crippen LogP contribution in [0.15, 0.2) is 40.4 Å². The summed E-state index contributed by atoms with van der Waals surface area (Å²) in [6, 6.07) is 6.26. The van der Waals surface area contributed by atoms with Crippen molar-refractivity contribution in [1.29, 1.82) is 0 Å². The molecular weight excluding hydrogens is 492 g/mol. The maximum Gasteiger partial charge on any atom is 0.263 e. The molecule has 3 aliphatic rings. The maximum absolute atomic E-state index is 13.3. The summed E-state index contributed by atoms with van der Waals surface area (Å²) in [4.78, 5) is 22.8. The van der Waals surface area contributed by atoms with Crippen LogP contribution in [0.5, 0.6) is 0 Å². The van der Waals surface area contributed by atoms with Crippen molar-refractivity contribution in [1.82, 2.24) is 34.8 Å². The summed E-state index contributed by atoms with van der Waals surface area (Å²) in [7, 11) is -1.51. The standard InChI is InChI=1S/C25H36N8O3S/c1-4-17(2)23(27-24-21-7-5-6-8-22(21)37(35,36)29-24)25(34)26-18-13-20(14-18)33-16-19(28-30-33)15-32-11-9-31(3)10-12-32/h5-8,16-18,20,23H,4,9-15H2,1-3H3,(H,26,34)(H,27,29). The average Bonchev–Trinajstić information content (AvgIpc) is 3.42. The molecule has 11 nitrogen and oxygen atoms in total. The van der Waals surface area contributed by atoms with Gasteiger partial charge < -0.3 is 10.2 Å². The van der Waals surface area contributed by atoms with Gasteiger partial charge in [0, 0.05) is 44.3 Å². The van der Waals surface area contributed by atoms with E-state index in [1.165, 1.54) is 0 Å². The van der Waals surface area contributed by atoms with Gasteiger partial charge in [0.25, 0.3) is 10.0 Å². The molecule has 2 aliphatic heterocycles. The van der Waals surface area contributed by atoms with Crippen molar-refractivity contribution in [3.05, 3.63) is 41.7 Å². The summed E-state index contributed by atoms with van der Waals surface area (Å²) in [5, 5.41) is 11.8. The molecule has 0 radical (unpaired) electrons. The first kappa shape index (κ1) is 25.8. The molecule has 200 valence electrons. The Labute approximate surface area is 218 Å². The Bertz CT molecular complexity index is 1260. The van der Waals surface area contributed by atoms with Crippen molar-refractivity contribution in [3.63, 3.8) is 0 Å². The van der Waals surface area contributed by atoms with Gasteiger partial charge in [-0.05, 0) is 37.9 Å². The predicted octanol–water partition coefficient (Wildman–Crippen LogP) is 0.999. The second-order valence-corrected chi connectivity index (χ2v) is 12.2. The van der Waals surface area contributed by atoms with Gasteiger partial charge in [-0.15, -0.1) is 5.10 Å². The van der Waals surface area contributed by atoms with E-state index < -0.39 is 16.1 Å². The number of rotatable bonds is 8. The molecule has 5 rings (SSSR count). The SMILES string of the molecule is CCC(C)C(N=C1NS(=O)(=O)c2ccccc21)C(=O)NC1CC(n2cc(CN3CCN(C)CC3)nn2)C1. The maximum atomic E-state index is 13.3. The molecule has 12 heteroatoms. The van der Waals surface area contributed by atoms with Crippen molar-refractivity contribution >= 4 is 21.8 Å². The van der Waals surface area contributed by atoms with Crippen LogP contribution < -0.4 is 10.0 Å². The minimum Gasteiger partial charge on any atom is -0.351 e. The Morgan fingerprint density at radius 3 is 2.68 bits per heavy atom. The van der Waals surface area contributed by atoms with Crippen LogP contribution in [0.1, 0.15) is 50.4 Å². The lowest BCUT2D eigenvalue weighted by molar-refractivity contribution is -0.124. The third-order valence-corrected chi connectivity index (χ3v) is 9.15. The van der Waals surface area contributed by atoms with E-state index >= 15 is 0 Å². The highest BCUT2D eigenvalue weighted by molar-refractivity contribution is 7.90. The first-order valence-corrected chi connectivity index (χ1v) is 14.5. The van der Waals surface area contributed by atoms with Crippen molar-refractivity contribution in [2.24, 2.45) is 10.9 Å². The van der Waals surface area contributed by atoms with Gasteiger partial charge in [-0.25, -0.2) is 13.1 Å². The van der Waals surface area contributed by atoms with Crippen LogP contribution >= 0.6 is 0 Å². The highest BCUT2D eigenvalue weighted by Crippen LogP contribution is 2.32. The van der Waals surface area contributed by atoms with Crippen LogP contribution in [-0.2, 0) is 21.4 Å². The van der Waals surface area contributed by atoms with Crippen molar-refractivity contribution < 1.29 is 13.2 Å². The predicted molar refractivity (Wildman–Crippen MR) is 140 cm³/mol. The minimum atomic E-state index is -3.66. The number of carbonyl (C=O) groups excluding carboxylic acids is 1. The number of carbonyl (C=O) groups is 1. The van der Waals surface area contributed by atoms with Crippen LogP contribution in [0, 0.1) is 5.92 Å². The highest BCUT2D eigenvalue weighted by Gasteiger charge is 2.37. The van der Waals surface area contributed by atoms with Crippen LogP contribution in [0.4, 0.5) is 0 Å². The Kier molecular flexibility index (Phi) is 7.32. The zero-order valence-corrected chi connectivity index (χ0v) is 22.5. The quantitative estimate of drug-likeness (QED) is 0.524. The average molecular weight is 529 g/mol. The van der Waals surface area contributed by atoms with Crippen molar-refractivity contribution in [2.75, 3.05) is 33.2 Å². The molecule has 1 saturated heterocycles. The Morgan fingerprint density at radius 1 is 1.22 bits per heavy atom. The molecule has 1 aliphatic carbocycles. The molecule has 1 aromatic heterocycles. The largest absolute Gasteiger partial charge is 0.351 e. The number of nitrogens with one attached hydrogen (secondary N) is 2. The zero-order chi connectivity index (χ0) is 26.2. The van der Waals surface area contributed by atoms with Crippen molar-refractivity contribution in [3.8, 4) is 0 Å². The molecule has 2 atom stereocenters. The Hall–Kier alpha value is -2.83. The minimum absolute atomic E-state index is 0.0297. The van der Waals surface area contributed by atoms with E-state index in [4.69, 9.17) is 0 Å². The van der Waals surface area contributed by atoms with Gasteiger partial charge in [0.05, 0.1) is 22.8 Å². The van der Waals surface area contributed by atoms with E-state index in [0.29, 0.717) is 5.56 Å². The van der Waals surface area contributed by atoms with E-state index in [1.54, 1.807) is 24.3 Å². The number of aromatic nitrogens is 3. The third kappa shape index (κ3) is 5.55. The lowest BCUT2D eigenvalue weighted by Gasteiger charge is -2.36. The lowest BCUT2D eigenvalue weighted by atomic mass is 9.86. The second kappa shape index (κ2) is 10.5. The number of benzene rings is 1. The van der Waals surface area contributed by atoms with Gasteiger partial charge >= 0.3 is 0 Å². The van der Waals surface area contributed by atoms with Gasteiger partial charge in [0.1, 0.15) is 11.9 Å². The number of likely N-dealkylation sites (N-methyl/N-ethyl adjacent to an activating group) is 1. The molecule has 1 aromatic carbocycles. The molecule has 2 unspecified atom stereocenters. The first-order chi connectivity index (χ1) is 17.7. The van der Waals surface area contributed by atoms with Crippen LogP contribution in [-0.4, -0.2) is 90.3 Å². The molecule has 0 spiro atoms. The van der Waals surface area contributed by atoms with E-state index in [0.717, 1.165) is 57.7 Å². The van der Waals surface area contributed by atoms with Gasteiger partial charge in [0.2, 0.25) is 5.91 Å². The molecule has 37 heavy (non-hydrogen) atoms. The van der Waals surface area contributed by atoms with Crippen LogP contribution in [0.2, 0.25) is 0 Å². The second-order valence-electron chi connectivity index (χ2n) is 10.5. The summed E-state index contributed by atoms with van der Waals surface area (Å²) in [6.45, 7) is 8.99. The summed E-state index contributed by atoms with van der Waals surface area (Å²) < 4.78 is 29.4. The topological polar surface area (TPSA) is 125 Å². The molecule has 2 aromatic rings. The summed E-state index contributed by atoms with van der Waals surface area (Å²) in [6.07, 6.45) is 4.33. The lowest BCUT2D eigenvalue weighted by Crippen LogP contribution is -2.49. The van der Waals surface area contributed by atoms with Gasteiger partial charge in [-0.1, -0.05) is 37.6 Å². The number of aliphatic imine (C=N–C) groups is 1. The summed E-state index contributed by atoms with van der Waals surface area (Å²) in [5.74, 6) is 0.00865. The number of piperazine rings is 1. The third-order valence-electron chi connectivity index (χ3n) is 7.76. The smallest absolute Gasteiger partial charge is 0.263 e. The first-order valence-electron chi connectivity index (χ1n) is 13.1. The van der Waals surface area contributed by atoms with Gasteiger partial charge in [-0.2, -0.15) is 0 Å². The van der Waals surface area contributed by atoms with E-state index in [1.807, 2.05) is 24.7 Å². The van der Waals surface area contributed by atoms with Crippen LogP contribution in [0.25, 0.3) is 0 Å². The molecule has 0 bridgehead atoms. The number of fused-ring (bicyclic) bond motifs is 1. The number of hydrogen-bond acceptors (Lipinski definition) is 8. The molecule has 1 saturated carbocycles. The van der Waals surface area contributed by atoms with Crippen molar-refractivity contribution in [2.45, 2.75) is 62.7 Å². The highest BCUT2D eigenvalue weighted by atomic mass is 32.2. The fourth-order valence-corrected chi connectivity index (χ4v) is 6.28. The molecule has 2 fully saturated rings. The number of sulfonamides is 1. The molecule has 2 N–H and O–H groups in total. The summed E-state index contributed by atoms with van der Waals surface area (Å²) >= 11 is 0. The van der Waals surface area contributed by atoms with Crippen LogP contribution in [0.3, 0.4) is 0 Å². The van der Waals surface area contributed by atoms with Gasteiger partial charge in [-0.3, -0.25) is 19.4 Å². The number of nitrogens with zero attached hydrogens (tertiary/aromatic N) is 6. The fraction of sp³-hybridized carbons (Fsp3) is 0.600. The monoisotopic (exact) mass is 528 g/mol. The zero-order valence-electron chi connectivity index (χ0n) is 21.7. The van der Waals surface area contributed by atoms with Gasteiger partial charge in [0.15, 0.2) is 0 Å². The number of hydrogen-bond donors (Lipinski definition) is 2. The summed E-state index contributed by atoms with van der Waals surface area (Å²) in [5.41, 5.74) is 1.48. The molecule has 3 heterocycles. The van der Waals surface area contributed by atoms with E-state index in [2.05, 4.69) is 42.2 Å². The normalized spacial score (nSPS) is 26.2.